The number of benzene rings is 1. The highest BCUT2D eigenvalue weighted by Gasteiger charge is 2.09. The Morgan fingerprint density at radius 2 is 2.15 bits per heavy atom. The minimum Gasteiger partial charge on any atom is -0.206 e. The van der Waals surface area contributed by atoms with Crippen LogP contribution < -0.4 is 0 Å². The van der Waals surface area contributed by atoms with Crippen molar-refractivity contribution in [2.45, 2.75) is 20.3 Å². The molecule has 0 spiro atoms. The van der Waals surface area contributed by atoms with Crippen LogP contribution in [-0.2, 0) is 6.42 Å². The molecule has 0 fully saturated rings. The van der Waals surface area contributed by atoms with E-state index in [1.54, 1.807) is 11.3 Å². The monoisotopic (exact) mass is 194 g/mol. The average molecular weight is 194 g/mol. The fraction of sp³-hybridized carbons (Fsp3) is 0.273. The number of fused-ring (bicyclic) bond motifs is 1. The summed E-state index contributed by atoms with van der Waals surface area (Å²) in [6.07, 6.45) is 0.903. The number of hydrogen-bond donors (Lipinski definition) is 0. The Kier molecular flexibility index (Phi) is 2.08. The summed E-state index contributed by atoms with van der Waals surface area (Å²) in [5.74, 6) is -0.0457. The molecule has 0 amide bonds. The minimum atomic E-state index is -0.0457. The number of thiophene rings is 1. The molecule has 0 bridgehead atoms. The maximum Gasteiger partial charge on any atom is 0.135 e. The van der Waals surface area contributed by atoms with E-state index in [-0.39, 0.29) is 5.82 Å². The summed E-state index contributed by atoms with van der Waals surface area (Å²) in [5.41, 5.74) is 1.86. The van der Waals surface area contributed by atoms with Crippen LogP contribution in [0.5, 0.6) is 0 Å². The second kappa shape index (κ2) is 3.11. The Morgan fingerprint density at radius 1 is 1.38 bits per heavy atom. The van der Waals surface area contributed by atoms with Crippen molar-refractivity contribution < 1.29 is 4.39 Å². The molecule has 13 heavy (non-hydrogen) atoms. The van der Waals surface area contributed by atoms with Gasteiger partial charge in [0, 0.05) is 10.1 Å². The van der Waals surface area contributed by atoms with E-state index in [2.05, 4.69) is 6.92 Å². The van der Waals surface area contributed by atoms with Gasteiger partial charge in [0.25, 0.3) is 0 Å². The van der Waals surface area contributed by atoms with Crippen molar-refractivity contribution in [2.24, 2.45) is 0 Å². The molecule has 0 saturated heterocycles. The van der Waals surface area contributed by atoms with Gasteiger partial charge in [0.15, 0.2) is 0 Å². The summed E-state index contributed by atoms with van der Waals surface area (Å²) >= 11 is 1.62. The first kappa shape index (κ1) is 8.70. The van der Waals surface area contributed by atoms with Crippen LogP contribution in [0.25, 0.3) is 10.1 Å². The molecule has 2 heteroatoms. The van der Waals surface area contributed by atoms with E-state index in [9.17, 15) is 4.39 Å². The summed E-state index contributed by atoms with van der Waals surface area (Å²) in [6, 6.07) is 3.84. The molecule has 0 atom stereocenters. The fourth-order valence-electron chi connectivity index (χ4n) is 1.51. The van der Waals surface area contributed by atoms with Gasteiger partial charge in [-0.25, -0.2) is 4.39 Å². The van der Waals surface area contributed by atoms with E-state index in [4.69, 9.17) is 0 Å². The van der Waals surface area contributed by atoms with Crippen LogP contribution >= 0.6 is 11.3 Å². The third kappa shape index (κ3) is 1.25. The lowest BCUT2D eigenvalue weighted by Gasteiger charge is -1.99. The van der Waals surface area contributed by atoms with Gasteiger partial charge in [0.2, 0.25) is 0 Å². The highest BCUT2D eigenvalue weighted by atomic mass is 32.1. The normalized spacial score (nSPS) is 11.0. The van der Waals surface area contributed by atoms with Crippen molar-refractivity contribution in [1.82, 2.24) is 0 Å². The Morgan fingerprint density at radius 3 is 2.85 bits per heavy atom. The summed E-state index contributed by atoms with van der Waals surface area (Å²) in [5, 5.41) is 2.88. The van der Waals surface area contributed by atoms with E-state index in [0.29, 0.717) is 0 Å². The van der Waals surface area contributed by atoms with Crippen molar-refractivity contribution >= 4 is 21.4 Å². The second-order valence-electron chi connectivity index (χ2n) is 3.18. The molecule has 0 aliphatic carbocycles. The fourth-order valence-corrected chi connectivity index (χ4v) is 2.55. The van der Waals surface area contributed by atoms with Gasteiger partial charge in [-0.2, -0.15) is 0 Å². The Balaban J connectivity index is 2.85. The van der Waals surface area contributed by atoms with E-state index in [1.807, 2.05) is 24.4 Å². The molecular formula is C11H11FS. The predicted octanol–water partition coefficient (Wildman–Crippen LogP) is 3.91. The van der Waals surface area contributed by atoms with Gasteiger partial charge >= 0.3 is 0 Å². The van der Waals surface area contributed by atoms with E-state index < -0.39 is 0 Å². The molecule has 1 aromatic carbocycles. The molecule has 2 aromatic rings. The average Bonchev–Trinajstić information content (AvgIpc) is 2.55. The maximum atomic E-state index is 13.7. The summed E-state index contributed by atoms with van der Waals surface area (Å²) in [6.45, 7) is 3.87. The lowest BCUT2D eigenvalue weighted by molar-refractivity contribution is 0.630. The molecule has 0 N–H and O–H groups in total. The van der Waals surface area contributed by atoms with Crippen molar-refractivity contribution in [3.63, 3.8) is 0 Å². The molecule has 2 rings (SSSR count). The van der Waals surface area contributed by atoms with E-state index >= 15 is 0 Å². The zero-order valence-electron chi connectivity index (χ0n) is 7.73. The van der Waals surface area contributed by atoms with Crippen LogP contribution in [0, 0.1) is 12.7 Å². The number of halogens is 1. The first-order chi connectivity index (χ1) is 6.24. The highest BCUT2D eigenvalue weighted by molar-refractivity contribution is 7.17. The van der Waals surface area contributed by atoms with Gasteiger partial charge in [-0.3, -0.25) is 0 Å². The Labute approximate surface area is 81.0 Å². The lowest BCUT2D eigenvalue weighted by Crippen LogP contribution is -1.85. The molecule has 0 saturated carbocycles. The standard InChI is InChI=1S/C11H11FS/c1-3-8-6-13-9-5-4-7(2)11(12)10(8)9/h4-6H,3H2,1-2H3. The SMILES string of the molecule is CCc1csc2ccc(C)c(F)c12. The topological polar surface area (TPSA) is 0 Å². The molecule has 0 aliphatic heterocycles. The van der Waals surface area contributed by atoms with Gasteiger partial charge in [0.05, 0.1) is 0 Å². The van der Waals surface area contributed by atoms with Gasteiger partial charge in [0.1, 0.15) is 5.82 Å². The van der Waals surface area contributed by atoms with Crippen LogP contribution in [0.4, 0.5) is 4.39 Å². The van der Waals surface area contributed by atoms with Crippen molar-refractivity contribution in [3.8, 4) is 0 Å². The predicted molar refractivity (Wildman–Crippen MR) is 55.9 cm³/mol. The first-order valence-corrected chi connectivity index (χ1v) is 5.27. The molecule has 68 valence electrons. The number of hydrogen-bond acceptors (Lipinski definition) is 1. The summed E-state index contributed by atoms with van der Waals surface area (Å²) < 4.78 is 14.7. The molecular weight excluding hydrogens is 183 g/mol. The van der Waals surface area contributed by atoms with Gasteiger partial charge in [-0.15, -0.1) is 11.3 Å². The van der Waals surface area contributed by atoms with Gasteiger partial charge in [-0.05, 0) is 35.9 Å². The number of rotatable bonds is 1. The zero-order chi connectivity index (χ0) is 9.42. The van der Waals surface area contributed by atoms with Crippen LogP contribution in [0.15, 0.2) is 17.5 Å². The summed E-state index contributed by atoms with van der Waals surface area (Å²) in [7, 11) is 0. The van der Waals surface area contributed by atoms with Crippen LogP contribution in [-0.4, -0.2) is 0 Å². The Bertz CT molecular complexity index is 443. The second-order valence-corrected chi connectivity index (χ2v) is 4.10. The highest BCUT2D eigenvalue weighted by Crippen LogP contribution is 2.30. The van der Waals surface area contributed by atoms with Crippen molar-refractivity contribution in [2.75, 3.05) is 0 Å². The molecule has 0 unspecified atom stereocenters. The van der Waals surface area contributed by atoms with E-state index in [1.165, 1.54) is 0 Å². The van der Waals surface area contributed by atoms with Gasteiger partial charge in [-0.1, -0.05) is 13.0 Å². The smallest absolute Gasteiger partial charge is 0.135 e. The third-order valence-corrected chi connectivity index (χ3v) is 3.32. The third-order valence-electron chi connectivity index (χ3n) is 2.33. The van der Waals surface area contributed by atoms with Gasteiger partial charge < -0.3 is 0 Å². The van der Waals surface area contributed by atoms with Crippen LogP contribution in [0.3, 0.4) is 0 Å². The zero-order valence-corrected chi connectivity index (χ0v) is 8.54. The molecule has 1 aromatic heterocycles. The van der Waals surface area contributed by atoms with Crippen LogP contribution in [0.1, 0.15) is 18.1 Å². The Hall–Kier alpha value is -0.890. The minimum absolute atomic E-state index is 0.0457. The quantitative estimate of drug-likeness (QED) is 0.645. The molecule has 0 aliphatic rings. The maximum absolute atomic E-state index is 13.7. The molecule has 0 nitrogen and oxygen atoms in total. The molecule has 1 heterocycles. The lowest BCUT2D eigenvalue weighted by atomic mass is 10.1. The number of aryl methyl sites for hydroxylation is 2. The van der Waals surface area contributed by atoms with Crippen molar-refractivity contribution in [3.05, 3.63) is 34.5 Å². The van der Waals surface area contributed by atoms with Crippen molar-refractivity contribution in [1.29, 1.82) is 0 Å². The molecule has 0 radical (unpaired) electrons. The first-order valence-electron chi connectivity index (χ1n) is 4.39. The van der Waals surface area contributed by atoms with E-state index in [0.717, 1.165) is 27.6 Å². The largest absolute Gasteiger partial charge is 0.206 e. The van der Waals surface area contributed by atoms with Crippen LogP contribution in [0.2, 0.25) is 0 Å². The summed E-state index contributed by atoms with van der Waals surface area (Å²) in [4.78, 5) is 0.